The molecule has 0 aromatic heterocycles. The molecule has 1 heterocycles. The molecule has 3 fully saturated rings. The number of hydrogen-bond acceptors (Lipinski definition) is 3. The topological polar surface area (TPSA) is 69.6 Å². The number of hydrogen-bond donors (Lipinski definition) is 2. The normalized spacial score (nSPS) is 33.8. The van der Waals surface area contributed by atoms with Crippen LogP contribution in [0.15, 0.2) is 0 Å². The quantitative estimate of drug-likeness (QED) is 0.829. The minimum Gasteiger partial charge on any atom is -0.480 e. The maximum Gasteiger partial charge on any atom is 0.320 e. The van der Waals surface area contributed by atoms with Gasteiger partial charge in [-0.15, -0.1) is 0 Å². The lowest BCUT2D eigenvalue weighted by atomic mass is 9.85. The average molecular weight is 294 g/mol. The van der Waals surface area contributed by atoms with Crippen molar-refractivity contribution in [1.82, 2.24) is 10.2 Å². The van der Waals surface area contributed by atoms with E-state index >= 15 is 0 Å². The highest BCUT2D eigenvalue weighted by Gasteiger charge is 2.45. The molecule has 1 saturated heterocycles. The number of carboxylic acids is 1. The van der Waals surface area contributed by atoms with Crippen LogP contribution in [0.4, 0.5) is 0 Å². The molecule has 0 aromatic carbocycles. The Morgan fingerprint density at radius 1 is 1.05 bits per heavy atom. The Morgan fingerprint density at radius 2 is 1.71 bits per heavy atom. The van der Waals surface area contributed by atoms with Crippen molar-refractivity contribution in [3.63, 3.8) is 0 Å². The Kier molecular flexibility index (Phi) is 4.48. The monoisotopic (exact) mass is 294 g/mol. The smallest absolute Gasteiger partial charge is 0.320 e. The van der Waals surface area contributed by atoms with Crippen molar-refractivity contribution < 1.29 is 14.7 Å². The van der Waals surface area contributed by atoms with Crippen molar-refractivity contribution in [1.29, 1.82) is 0 Å². The number of carbonyl (C=O) groups is 2. The zero-order valence-electron chi connectivity index (χ0n) is 12.6. The largest absolute Gasteiger partial charge is 0.480 e. The molecule has 3 atom stereocenters. The van der Waals surface area contributed by atoms with Crippen molar-refractivity contribution in [2.45, 2.75) is 75.9 Å². The molecule has 0 unspecified atom stereocenters. The number of carboxylic acid groups (broad SMARTS) is 1. The van der Waals surface area contributed by atoms with Crippen molar-refractivity contribution >= 4 is 11.9 Å². The molecule has 0 bridgehead atoms. The van der Waals surface area contributed by atoms with Crippen LogP contribution >= 0.6 is 0 Å². The van der Waals surface area contributed by atoms with Gasteiger partial charge in [-0.3, -0.25) is 14.5 Å². The fourth-order valence-electron chi connectivity index (χ4n) is 4.53. The van der Waals surface area contributed by atoms with Gasteiger partial charge in [-0.05, 0) is 38.0 Å². The Bertz CT molecular complexity index is 406. The second-order valence-electron chi connectivity index (χ2n) is 6.92. The second kappa shape index (κ2) is 6.34. The van der Waals surface area contributed by atoms with Gasteiger partial charge >= 0.3 is 5.97 Å². The van der Waals surface area contributed by atoms with E-state index in [4.69, 9.17) is 0 Å². The van der Waals surface area contributed by atoms with Crippen LogP contribution < -0.4 is 5.32 Å². The zero-order chi connectivity index (χ0) is 14.8. The molecule has 118 valence electrons. The van der Waals surface area contributed by atoms with E-state index in [0.29, 0.717) is 18.0 Å². The van der Waals surface area contributed by atoms with Gasteiger partial charge in [0.05, 0.1) is 6.54 Å². The van der Waals surface area contributed by atoms with Crippen molar-refractivity contribution in [2.75, 3.05) is 6.54 Å². The first-order chi connectivity index (χ1) is 10.1. The van der Waals surface area contributed by atoms with E-state index < -0.39 is 12.0 Å². The molecule has 0 aromatic rings. The highest BCUT2D eigenvalue weighted by atomic mass is 16.4. The third-order valence-corrected chi connectivity index (χ3v) is 5.55. The maximum atomic E-state index is 12.3. The first-order valence-electron chi connectivity index (χ1n) is 8.43. The number of nitrogens with one attached hydrogen (secondary N) is 1. The summed E-state index contributed by atoms with van der Waals surface area (Å²) in [6, 6.07) is 0.146. The summed E-state index contributed by atoms with van der Waals surface area (Å²) in [7, 11) is 0. The molecule has 3 rings (SSSR count). The Morgan fingerprint density at radius 3 is 2.43 bits per heavy atom. The summed E-state index contributed by atoms with van der Waals surface area (Å²) < 4.78 is 0. The number of nitrogens with zero attached hydrogens (tertiary/aromatic N) is 1. The molecule has 1 aliphatic heterocycles. The van der Waals surface area contributed by atoms with E-state index in [1.165, 1.54) is 19.3 Å². The SMILES string of the molecule is O=C(CN1[C@H](C(=O)O)C[C@H]2CCCC[C@@H]21)NC1CCCC1. The standard InChI is InChI=1S/C16H26N2O3/c19-15(17-12-6-2-3-7-12)10-18-13-8-4-1-5-11(13)9-14(18)16(20)21/h11-14H,1-10H2,(H,17,19)(H,20,21)/t11-,13+,14+/m1/s1. The number of likely N-dealkylation sites (tertiary alicyclic amines) is 1. The Hall–Kier alpha value is -1.10. The molecule has 1 amide bonds. The van der Waals surface area contributed by atoms with E-state index in [0.717, 1.165) is 38.5 Å². The minimum atomic E-state index is -0.766. The summed E-state index contributed by atoms with van der Waals surface area (Å²) in [5.41, 5.74) is 0. The molecule has 0 spiro atoms. The molecule has 21 heavy (non-hydrogen) atoms. The van der Waals surface area contributed by atoms with Crippen LogP contribution in [0.1, 0.15) is 57.8 Å². The molecule has 2 saturated carbocycles. The summed E-state index contributed by atoms with van der Waals surface area (Å²) in [5.74, 6) is -0.281. The predicted octanol–water partition coefficient (Wildman–Crippen LogP) is 1.76. The number of amides is 1. The van der Waals surface area contributed by atoms with Crippen LogP contribution in [0.2, 0.25) is 0 Å². The van der Waals surface area contributed by atoms with Crippen LogP contribution in [-0.2, 0) is 9.59 Å². The Balaban J connectivity index is 1.62. The first kappa shape index (κ1) is 14.8. The van der Waals surface area contributed by atoms with Crippen LogP contribution in [0, 0.1) is 5.92 Å². The molecular formula is C16H26N2O3. The fourth-order valence-corrected chi connectivity index (χ4v) is 4.53. The van der Waals surface area contributed by atoms with Crippen LogP contribution in [-0.4, -0.2) is 46.6 Å². The van der Waals surface area contributed by atoms with Gasteiger partial charge in [0.25, 0.3) is 0 Å². The molecular weight excluding hydrogens is 268 g/mol. The lowest BCUT2D eigenvalue weighted by Gasteiger charge is -2.32. The summed E-state index contributed by atoms with van der Waals surface area (Å²) in [6.45, 7) is 0.259. The minimum absolute atomic E-state index is 0.0133. The maximum absolute atomic E-state index is 12.3. The van der Waals surface area contributed by atoms with Gasteiger partial charge in [-0.2, -0.15) is 0 Å². The van der Waals surface area contributed by atoms with E-state index in [1.807, 2.05) is 4.90 Å². The summed E-state index contributed by atoms with van der Waals surface area (Å²) >= 11 is 0. The number of fused-ring (bicyclic) bond motifs is 1. The predicted molar refractivity (Wildman–Crippen MR) is 78.9 cm³/mol. The van der Waals surface area contributed by atoms with Gasteiger partial charge in [0.1, 0.15) is 6.04 Å². The number of aliphatic carboxylic acids is 1. The molecule has 0 radical (unpaired) electrons. The van der Waals surface area contributed by atoms with E-state index in [2.05, 4.69) is 5.32 Å². The van der Waals surface area contributed by atoms with Gasteiger partial charge in [-0.25, -0.2) is 0 Å². The molecule has 3 aliphatic rings. The molecule has 5 nitrogen and oxygen atoms in total. The molecule has 5 heteroatoms. The van der Waals surface area contributed by atoms with Gasteiger partial charge in [0.15, 0.2) is 0 Å². The fraction of sp³-hybridized carbons (Fsp3) is 0.875. The van der Waals surface area contributed by atoms with E-state index in [1.54, 1.807) is 0 Å². The summed E-state index contributed by atoms with van der Waals surface area (Å²) in [4.78, 5) is 25.7. The van der Waals surface area contributed by atoms with E-state index in [-0.39, 0.29) is 12.5 Å². The van der Waals surface area contributed by atoms with E-state index in [9.17, 15) is 14.7 Å². The van der Waals surface area contributed by atoms with Gasteiger partial charge < -0.3 is 10.4 Å². The van der Waals surface area contributed by atoms with Crippen LogP contribution in [0.3, 0.4) is 0 Å². The third kappa shape index (κ3) is 3.23. The van der Waals surface area contributed by atoms with Gasteiger partial charge in [0, 0.05) is 12.1 Å². The van der Waals surface area contributed by atoms with Crippen molar-refractivity contribution in [2.24, 2.45) is 5.92 Å². The molecule has 2 N–H and O–H groups in total. The average Bonchev–Trinajstić information content (AvgIpc) is 3.07. The number of carbonyl (C=O) groups excluding carboxylic acids is 1. The van der Waals surface area contributed by atoms with Crippen molar-refractivity contribution in [3.05, 3.63) is 0 Å². The summed E-state index contributed by atoms with van der Waals surface area (Å²) in [6.07, 6.45) is 9.77. The van der Waals surface area contributed by atoms with Crippen LogP contribution in [0.5, 0.6) is 0 Å². The van der Waals surface area contributed by atoms with Crippen molar-refractivity contribution in [3.8, 4) is 0 Å². The second-order valence-corrected chi connectivity index (χ2v) is 6.92. The lowest BCUT2D eigenvalue weighted by Crippen LogP contribution is -2.48. The highest BCUT2D eigenvalue weighted by molar-refractivity contribution is 5.80. The summed E-state index contributed by atoms with van der Waals surface area (Å²) in [5, 5.41) is 12.5. The zero-order valence-corrected chi connectivity index (χ0v) is 12.6. The highest BCUT2D eigenvalue weighted by Crippen LogP contribution is 2.39. The Labute approximate surface area is 126 Å². The molecule has 2 aliphatic carbocycles. The van der Waals surface area contributed by atoms with Crippen LogP contribution in [0.25, 0.3) is 0 Å². The van der Waals surface area contributed by atoms with Gasteiger partial charge in [-0.1, -0.05) is 25.7 Å². The third-order valence-electron chi connectivity index (χ3n) is 5.55. The number of rotatable bonds is 4. The lowest BCUT2D eigenvalue weighted by molar-refractivity contribution is -0.143. The van der Waals surface area contributed by atoms with Gasteiger partial charge in [0.2, 0.25) is 5.91 Å². The first-order valence-corrected chi connectivity index (χ1v) is 8.43.